The van der Waals surface area contributed by atoms with Gasteiger partial charge in [-0.1, -0.05) is 5.16 Å². The van der Waals surface area contributed by atoms with Crippen molar-refractivity contribution in [2.45, 2.75) is 19.0 Å². The van der Waals surface area contributed by atoms with Crippen LogP contribution in [0.1, 0.15) is 27.4 Å². The first-order chi connectivity index (χ1) is 13.0. The normalized spacial score (nSPS) is 12.2. The number of benzene rings is 1. The van der Waals surface area contributed by atoms with Crippen LogP contribution in [0.4, 0.5) is 26.3 Å². The van der Waals surface area contributed by atoms with Crippen LogP contribution in [0.25, 0.3) is 11.4 Å². The Morgan fingerprint density at radius 2 is 1.71 bits per heavy atom. The summed E-state index contributed by atoms with van der Waals surface area (Å²) >= 11 is 1.37. The monoisotopic (exact) mass is 422 g/mol. The van der Waals surface area contributed by atoms with Crippen molar-refractivity contribution < 1.29 is 40.4 Å². The van der Waals surface area contributed by atoms with Crippen LogP contribution in [0.5, 0.6) is 0 Å². The second-order valence-corrected chi connectivity index (χ2v) is 6.17. The smallest absolute Gasteiger partial charge is 0.416 e. The van der Waals surface area contributed by atoms with Crippen molar-refractivity contribution in [2.24, 2.45) is 0 Å². The Labute approximate surface area is 156 Å². The van der Waals surface area contributed by atoms with Crippen molar-refractivity contribution >= 4 is 17.3 Å². The maximum Gasteiger partial charge on any atom is 0.416 e. The van der Waals surface area contributed by atoms with E-state index in [0.29, 0.717) is 5.56 Å². The fourth-order valence-electron chi connectivity index (χ4n) is 2.11. The van der Waals surface area contributed by atoms with Gasteiger partial charge in [-0.15, -0.1) is 0 Å². The second kappa shape index (κ2) is 7.26. The van der Waals surface area contributed by atoms with E-state index in [1.54, 1.807) is 16.8 Å². The molecule has 0 saturated heterocycles. The van der Waals surface area contributed by atoms with E-state index in [-0.39, 0.29) is 29.9 Å². The predicted molar refractivity (Wildman–Crippen MR) is 83.2 cm³/mol. The first kappa shape index (κ1) is 19.9. The van der Waals surface area contributed by atoms with Crippen LogP contribution in [0, 0.1) is 0 Å². The van der Waals surface area contributed by atoms with Crippen LogP contribution < -0.4 is 0 Å². The first-order valence-corrected chi connectivity index (χ1v) is 8.30. The summed E-state index contributed by atoms with van der Waals surface area (Å²) in [5, 5.41) is 7.12. The van der Waals surface area contributed by atoms with Crippen LogP contribution in [0.15, 0.2) is 39.5 Å². The Balaban J connectivity index is 1.78. The maximum absolute atomic E-state index is 12.8. The molecule has 2 aromatic heterocycles. The van der Waals surface area contributed by atoms with Gasteiger partial charge in [0.2, 0.25) is 5.82 Å². The van der Waals surface area contributed by atoms with Crippen LogP contribution in [0.2, 0.25) is 0 Å². The number of carbonyl (C=O) groups excluding carboxylic acids is 1. The lowest BCUT2D eigenvalue weighted by molar-refractivity contribution is -0.143. The van der Waals surface area contributed by atoms with Crippen LogP contribution in [-0.2, 0) is 23.7 Å². The van der Waals surface area contributed by atoms with Gasteiger partial charge < -0.3 is 9.26 Å². The maximum atomic E-state index is 12.8. The summed E-state index contributed by atoms with van der Waals surface area (Å²) in [5.74, 6) is -1.37. The molecule has 0 atom stereocenters. The highest BCUT2D eigenvalue weighted by atomic mass is 32.1. The van der Waals surface area contributed by atoms with E-state index in [4.69, 9.17) is 9.26 Å². The van der Waals surface area contributed by atoms with Crippen molar-refractivity contribution in [3.05, 3.63) is 57.6 Å². The average molecular weight is 422 g/mol. The molecule has 12 heteroatoms. The number of carbonyl (C=O) groups is 1. The van der Waals surface area contributed by atoms with Gasteiger partial charge in [-0.3, -0.25) is 0 Å². The number of thiophene rings is 1. The number of alkyl halides is 6. The SMILES string of the molecule is O=C(OCc1nc(-c2ccsc2)no1)c1cc(C(F)(F)F)cc(C(F)(F)F)c1. The van der Waals surface area contributed by atoms with Crippen molar-refractivity contribution in [1.82, 2.24) is 10.1 Å². The molecule has 0 aliphatic carbocycles. The van der Waals surface area contributed by atoms with E-state index in [2.05, 4.69) is 10.1 Å². The summed E-state index contributed by atoms with van der Waals surface area (Å²) in [6, 6.07) is 2.18. The van der Waals surface area contributed by atoms with Gasteiger partial charge in [0, 0.05) is 10.9 Å². The zero-order chi connectivity index (χ0) is 20.5. The van der Waals surface area contributed by atoms with E-state index >= 15 is 0 Å². The van der Waals surface area contributed by atoms with Gasteiger partial charge in [0.15, 0.2) is 6.61 Å². The third-order valence-corrected chi connectivity index (χ3v) is 4.08. The number of halogens is 6. The molecule has 0 bridgehead atoms. The van der Waals surface area contributed by atoms with E-state index in [0.717, 1.165) is 0 Å². The fraction of sp³-hybridized carbons (Fsp3) is 0.188. The number of aromatic nitrogens is 2. The molecule has 2 heterocycles. The molecule has 0 N–H and O–H groups in total. The molecule has 3 rings (SSSR count). The minimum absolute atomic E-state index is 0.0814. The molecule has 0 spiro atoms. The number of rotatable bonds is 4. The summed E-state index contributed by atoms with van der Waals surface area (Å²) < 4.78 is 86.6. The zero-order valence-electron chi connectivity index (χ0n) is 13.5. The van der Waals surface area contributed by atoms with Crippen molar-refractivity contribution in [3.63, 3.8) is 0 Å². The van der Waals surface area contributed by atoms with Crippen molar-refractivity contribution in [1.29, 1.82) is 0 Å². The van der Waals surface area contributed by atoms with Crippen LogP contribution in [0.3, 0.4) is 0 Å². The third-order valence-electron chi connectivity index (χ3n) is 3.40. The molecule has 3 aromatic rings. The molecule has 5 nitrogen and oxygen atoms in total. The molecule has 28 heavy (non-hydrogen) atoms. The van der Waals surface area contributed by atoms with Gasteiger partial charge in [0.1, 0.15) is 0 Å². The number of hydrogen-bond acceptors (Lipinski definition) is 6. The first-order valence-electron chi connectivity index (χ1n) is 7.36. The van der Waals surface area contributed by atoms with E-state index < -0.39 is 41.6 Å². The Hall–Kier alpha value is -2.89. The van der Waals surface area contributed by atoms with E-state index in [1.165, 1.54) is 11.3 Å². The lowest BCUT2D eigenvalue weighted by Gasteiger charge is -2.13. The zero-order valence-corrected chi connectivity index (χ0v) is 14.3. The molecule has 0 fully saturated rings. The molecular weight excluding hydrogens is 414 g/mol. The molecule has 1 aromatic carbocycles. The molecule has 0 aliphatic heterocycles. The van der Waals surface area contributed by atoms with Crippen LogP contribution in [-0.4, -0.2) is 16.1 Å². The Morgan fingerprint density at radius 3 is 2.25 bits per heavy atom. The topological polar surface area (TPSA) is 65.2 Å². The molecular formula is C16H8F6N2O3S. The number of esters is 1. The predicted octanol–water partition coefficient (Wildman–Crippen LogP) is 5.19. The molecule has 148 valence electrons. The van der Waals surface area contributed by atoms with Gasteiger partial charge in [-0.2, -0.15) is 42.7 Å². The largest absolute Gasteiger partial charge is 0.452 e. The van der Waals surface area contributed by atoms with Crippen LogP contribution >= 0.6 is 11.3 Å². The second-order valence-electron chi connectivity index (χ2n) is 5.39. The summed E-state index contributed by atoms with van der Waals surface area (Å²) in [5.41, 5.74) is -3.50. The number of nitrogens with zero attached hydrogens (tertiary/aromatic N) is 2. The lowest BCUT2D eigenvalue weighted by Crippen LogP contribution is -2.14. The van der Waals surface area contributed by atoms with Gasteiger partial charge >= 0.3 is 18.3 Å². The Kier molecular flexibility index (Phi) is 5.15. The highest BCUT2D eigenvalue weighted by molar-refractivity contribution is 7.08. The molecule has 0 radical (unpaired) electrons. The fourth-order valence-corrected chi connectivity index (χ4v) is 2.74. The molecule has 0 aliphatic rings. The van der Waals surface area contributed by atoms with Crippen molar-refractivity contribution in [2.75, 3.05) is 0 Å². The van der Waals surface area contributed by atoms with Crippen molar-refractivity contribution in [3.8, 4) is 11.4 Å². The minimum Gasteiger partial charge on any atom is -0.452 e. The summed E-state index contributed by atoms with van der Waals surface area (Å²) in [6.07, 6.45) is -10.1. The van der Waals surface area contributed by atoms with Gasteiger partial charge in [0.05, 0.1) is 16.7 Å². The molecule has 0 amide bonds. The molecule has 0 unspecified atom stereocenters. The highest BCUT2D eigenvalue weighted by Gasteiger charge is 2.37. The van der Waals surface area contributed by atoms with Gasteiger partial charge in [0.25, 0.3) is 5.89 Å². The van der Waals surface area contributed by atoms with E-state index in [9.17, 15) is 31.1 Å². The lowest BCUT2D eigenvalue weighted by atomic mass is 10.0. The van der Waals surface area contributed by atoms with Gasteiger partial charge in [-0.05, 0) is 29.6 Å². The highest BCUT2D eigenvalue weighted by Crippen LogP contribution is 2.36. The summed E-state index contributed by atoms with van der Waals surface area (Å²) in [4.78, 5) is 15.9. The van der Waals surface area contributed by atoms with Gasteiger partial charge in [-0.25, -0.2) is 4.79 Å². The number of hydrogen-bond donors (Lipinski definition) is 0. The number of ether oxygens (including phenoxy) is 1. The standard InChI is InChI=1S/C16H8F6N2O3S/c17-15(18,19)10-3-9(4-11(5-10)16(20,21)22)14(25)26-6-12-23-13(24-27-12)8-1-2-28-7-8/h1-5,7H,6H2. The Morgan fingerprint density at radius 1 is 1.07 bits per heavy atom. The molecule has 0 saturated carbocycles. The average Bonchev–Trinajstić information content (AvgIpc) is 3.29. The quantitative estimate of drug-likeness (QED) is 0.428. The third kappa shape index (κ3) is 4.50. The van der Waals surface area contributed by atoms with E-state index in [1.807, 2.05) is 0 Å². The summed E-state index contributed by atoms with van der Waals surface area (Å²) in [6.45, 7) is -0.617. The Bertz CT molecular complexity index is 947. The summed E-state index contributed by atoms with van der Waals surface area (Å²) in [7, 11) is 0. The minimum atomic E-state index is -5.07.